The average Bonchev–Trinajstić information content (AvgIpc) is 3.62. The molecule has 0 heterocycles. The lowest BCUT2D eigenvalue weighted by atomic mass is 10.0. The zero-order valence-electron chi connectivity index (χ0n) is 59.0. The van der Waals surface area contributed by atoms with Crippen LogP contribution in [0.5, 0.6) is 0 Å². The molecule has 0 rings (SSSR count). The van der Waals surface area contributed by atoms with Crippen molar-refractivity contribution in [2.75, 3.05) is 39.6 Å². The van der Waals surface area contributed by atoms with E-state index in [2.05, 4.69) is 34.6 Å². The molecule has 0 aromatic rings. The predicted molar refractivity (Wildman–Crippen MR) is 368 cm³/mol. The first-order valence-corrected chi connectivity index (χ1v) is 40.6. The van der Waals surface area contributed by atoms with Gasteiger partial charge in [0, 0.05) is 25.7 Å². The van der Waals surface area contributed by atoms with Crippen LogP contribution in [0, 0.1) is 5.92 Å². The van der Waals surface area contributed by atoms with Crippen LogP contribution in [0.3, 0.4) is 0 Å². The van der Waals surface area contributed by atoms with Crippen LogP contribution in [0.15, 0.2) is 0 Å². The number of carbonyl (C=O) groups is 4. The summed E-state index contributed by atoms with van der Waals surface area (Å²) in [5.74, 6) is -1.44. The van der Waals surface area contributed by atoms with Crippen molar-refractivity contribution in [1.29, 1.82) is 0 Å². The molecule has 0 spiro atoms. The van der Waals surface area contributed by atoms with E-state index in [-0.39, 0.29) is 25.7 Å². The van der Waals surface area contributed by atoms with E-state index in [4.69, 9.17) is 37.0 Å². The van der Waals surface area contributed by atoms with Crippen molar-refractivity contribution in [2.45, 2.75) is 393 Å². The summed E-state index contributed by atoms with van der Waals surface area (Å²) in [4.78, 5) is 72.6. The van der Waals surface area contributed by atoms with E-state index < -0.39 is 97.5 Å². The number of rotatable bonds is 72. The van der Waals surface area contributed by atoms with Crippen LogP contribution in [0.2, 0.25) is 0 Å². The van der Waals surface area contributed by atoms with Crippen LogP contribution < -0.4 is 0 Å². The Balaban J connectivity index is 5.23. The standard InChI is InChI=1S/C72H140O17P2/c1-6-9-12-15-18-21-24-27-28-29-30-32-35-38-41-48-53-58-72(77)88-67(61-82-69(74)55-50-45-39-36-34-31-25-22-19-16-13-10-7-2)63-86-90(78,79)84-59-66(73)60-85-91(80,81)87-64-68(62-83-70(75)56-51-46-43-42-44-49-54-65(4)5)89-71(76)57-52-47-40-37-33-26-23-20-17-14-11-8-3/h65-68,73H,6-64H2,1-5H3,(H,78,79)(H,80,81)/t66-,67-,68-/m1/s1. The third-order valence-corrected chi connectivity index (χ3v) is 18.7. The molecule has 0 saturated carbocycles. The molecule has 0 radical (unpaired) electrons. The number of aliphatic hydroxyl groups excluding tert-OH is 1. The minimum Gasteiger partial charge on any atom is -0.462 e. The molecule has 3 N–H and O–H groups in total. The SMILES string of the molecule is CCCCCCCCCCCCCCCCCCCC(=O)O[C@H](COC(=O)CCCCCCCCCCCCCCC)COP(=O)(O)OC[C@@H](O)COP(=O)(O)OC[C@@H](COC(=O)CCCCCCCCC(C)C)OC(=O)CCCCCCCCCCCCCC. The van der Waals surface area contributed by atoms with Gasteiger partial charge in [-0.15, -0.1) is 0 Å². The van der Waals surface area contributed by atoms with E-state index in [0.29, 0.717) is 31.6 Å². The van der Waals surface area contributed by atoms with Gasteiger partial charge in [-0.3, -0.25) is 37.3 Å². The Labute approximate surface area is 556 Å². The summed E-state index contributed by atoms with van der Waals surface area (Å²) in [5.41, 5.74) is 0. The van der Waals surface area contributed by atoms with Gasteiger partial charge in [-0.1, -0.05) is 324 Å². The maximum absolute atomic E-state index is 13.0. The zero-order valence-corrected chi connectivity index (χ0v) is 60.8. The van der Waals surface area contributed by atoms with Crippen molar-refractivity contribution in [2.24, 2.45) is 5.92 Å². The van der Waals surface area contributed by atoms with Crippen LogP contribution in [0.4, 0.5) is 0 Å². The fraction of sp³-hybridized carbons (Fsp3) is 0.944. The third kappa shape index (κ3) is 66.5. The molecule has 0 aliphatic rings. The lowest BCUT2D eigenvalue weighted by molar-refractivity contribution is -0.161. The van der Waals surface area contributed by atoms with Gasteiger partial charge in [-0.2, -0.15) is 0 Å². The topological polar surface area (TPSA) is 237 Å². The van der Waals surface area contributed by atoms with Gasteiger partial charge < -0.3 is 33.8 Å². The number of hydrogen-bond acceptors (Lipinski definition) is 15. The van der Waals surface area contributed by atoms with E-state index in [1.165, 1.54) is 193 Å². The van der Waals surface area contributed by atoms with E-state index in [9.17, 15) is 43.2 Å². The molecule has 0 bridgehead atoms. The summed E-state index contributed by atoms with van der Waals surface area (Å²) >= 11 is 0. The molecule has 5 atom stereocenters. The second kappa shape index (κ2) is 65.4. The Morgan fingerprint density at radius 3 is 0.747 bits per heavy atom. The minimum absolute atomic E-state index is 0.107. The predicted octanol–water partition coefficient (Wildman–Crippen LogP) is 20.9. The van der Waals surface area contributed by atoms with Gasteiger partial charge in [0.05, 0.1) is 26.4 Å². The number of phosphoric ester groups is 2. The molecule has 0 aromatic carbocycles. The highest BCUT2D eigenvalue weighted by Gasteiger charge is 2.30. The van der Waals surface area contributed by atoms with Gasteiger partial charge in [-0.05, 0) is 31.6 Å². The summed E-state index contributed by atoms with van der Waals surface area (Å²) < 4.78 is 68.3. The summed E-state index contributed by atoms with van der Waals surface area (Å²) in [7, 11) is -9.90. The Kier molecular flexibility index (Phi) is 64.0. The van der Waals surface area contributed by atoms with Gasteiger partial charge in [0.15, 0.2) is 12.2 Å². The average molecular weight is 1340 g/mol. The highest BCUT2D eigenvalue weighted by Crippen LogP contribution is 2.45. The van der Waals surface area contributed by atoms with Gasteiger partial charge in [0.1, 0.15) is 19.3 Å². The van der Waals surface area contributed by atoms with Crippen molar-refractivity contribution >= 4 is 39.5 Å². The van der Waals surface area contributed by atoms with Gasteiger partial charge in [-0.25, -0.2) is 9.13 Å². The largest absolute Gasteiger partial charge is 0.472 e. The van der Waals surface area contributed by atoms with Gasteiger partial charge in [0.25, 0.3) is 0 Å². The number of hydrogen-bond donors (Lipinski definition) is 3. The van der Waals surface area contributed by atoms with Crippen LogP contribution >= 0.6 is 15.6 Å². The van der Waals surface area contributed by atoms with E-state index in [0.717, 1.165) is 96.3 Å². The minimum atomic E-state index is -4.95. The molecule has 540 valence electrons. The Morgan fingerprint density at radius 2 is 0.505 bits per heavy atom. The molecule has 17 nitrogen and oxygen atoms in total. The first-order chi connectivity index (χ1) is 44.0. The first-order valence-electron chi connectivity index (χ1n) is 37.6. The Bertz CT molecular complexity index is 1750. The number of unbranched alkanes of at least 4 members (excludes halogenated alkanes) is 44. The molecule has 0 aliphatic carbocycles. The Hall–Kier alpha value is -1.94. The molecule has 0 aromatic heterocycles. The normalized spacial score (nSPS) is 14.0. The van der Waals surface area contributed by atoms with E-state index >= 15 is 0 Å². The number of phosphoric acid groups is 2. The maximum atomic E-state index is 13.0. The second-order valence-corrected chi connectivity index (χ2v) is 29.4. The lowest BCUT2D eigenvalue weighted by Crippen LogP contribution is -2.30. The number of esters is 4. The molecule has 2 unspecified atom stereocenters. The highest BCUT2D eigenvalue weighted by atomic mass is 31.2. The molecule has 0 saturated heterocycles. The second-order valence-electron chi connectivity index (χ2n) is 26.5. The quantitative estimate of drug-likeness (QED) is 0.0222. The summed E-state index contributed by atoms with van der Waals surface area (Å²) in [6.45, 7) is 7.19. The van der Waals surface area contributed by atoms with Crippen LogP contribution in [-0.4, -0.2) is 96.7 Å². The number of ether oxygens (including phenoxy) is 4. The summed E-state index contributed by atoms with van der Waals surface area (Å²) in [6, 6.07) is 0. The monoisotopic (exact) mass is 1340 g/mol. The Morgan fingerprint density at radius 1 is 0.297 bits per heavy atom. The van der Waals surface area contributed by atoms with Crippen LogP contribution in [0.1, 0.15) is 375 Å². The van der Waals surface area contributed by atoms with Crippen LogP contribution in [0.25, 0.3) is 0 Å². The van der Waals surface area contributed by atoms with Crippen molar-refractivity contribution in [3.8, 4) is 0 Å². The highest BCUT2D eigenvalue weighted by molar-refractivity contribution is 7.47. The van der Waals surface area contributed by atoms with Crippen molar-refractivity contribution in [1.82, 2.24) is 0 Å². The summed E-state index contributed by atoms with van der Waals surface area (Å²) in [5, 5.41) is 10.6. The van der Waals surface area contributed by atoms with E-state index in [1.807, 2.05) is 0 Å². The number of aliphatic hydroxyl groups is 1. The maximum Gasteiger partial charge on any atom is 0.472 e. The fourth-order valence-electron chi connectivity index (χ4n) is 11.0. The fourth-order valence-corrected chi connectivity index (χ4v) is 12.6. The van der Waals surface area contributed by atoms with Gasteiger partial charge >= 0.3 is 39.5 Å². The third-order valence-electron chi connectivity index (χ3n) is 16.8. The van der Waals surface area contributed by atoms with Crippen LogP contribution in [-0.2, 0) is 65.4 Å². The summed E-state index contributed by atoms with van der Waals surface area (Å²) in [6.07, 6.45) is 52.8. The van der Waals surface area contributed by atoms with E-state index in [1.54, 1.807) is 0 Å². The smallest absolute Gasteiger partial charge is 0.462 e. The number of carbonyl (C=O) groups excluding carboxylic acids is 4. The first kappa shape index (κ1) is 89.1. The molecular formula is C72H140O17P2. The molecule has 19 heteroatoms. The molecular weight excluding hydrogens is 1200 g/mol. The molecule has 0 fully saturated rings. The lowest BCUT2D eigenvalue weighted by Gasteiger charge is -2.21. The van der Waals surface area contributed by atoms with Crippen molar-refractivity contribution < 1.29 is 80.2 Å². The molecule has 91 heavy (non-hydrogen) atoms. The van der Waals surface area contributed by atoms with Crippen molar-refractivity contribution in [3.63, 3.8) is 0 Å². The zero-order chi connectivity index (χ0) is 67.0. The van der Waals surface area contributed by atoms with Gasteiger partial charge in [0.2, 0.25) is 0 Å². The molecule has 0 amide bonds. The van der Waals surface area contributed by atoms with Crippen molar-refractivity contribution in [3.05, 3.63) is 0 Å². The molecule has 0 aliphatic heterocycles.